The summed E-state index contributed by atoms with van der Waals surface area (Å²) in [6, 6.07) is 7.86. The topological polar surface area (TPSA) is 80.0 Å². The molecule has 2 heterocycles. The Morgan fingerprint density at radius 1 is 1.32 bits per heavy atom. The molecule has 0 saturated heterocycles. The van der Waals surface area contributed by atoms with Crippen molar-refractivity contribution in [2.45, 2.75) is 13.3 Å². The van der Waals surface area contributed by atoms with E-state index in [1.807, 2.05) is 38.2 Å². The summed E-state index contributed by atoms with van der Waals surface area (Å²) in [4.78, 5) is 14.9. The molecule has 19 heavy (non-hydrogen) atoms. The summed E-state index contributed by atoms with van der Waals surface area (Å²) < 4.78 is 0. The smallest absolute Gasteiger partial charge is 0.239 e. The van der Waals surface area contributed by atoms with E-state index in [9.17, 15) is 0 Å². The molecule has 0 aliphatic carbocycles. The third-order valence-electron chi connectivity index (χ3n) is 2.79. The minimum atomic E-state index is 0.430. The molecule has 0 aromatic carbocycles. The molecule has 0 saturated carbocycles. The summed E-state index contributed by atoms with van der Waals surface area (Å²) in [5, 5.41) is 0. The van der Waals surface area contributed by atoms with Crippen molar-refractivity contribution in [1.29, 1.82) is 0 Å². The first-order valence-corrected chi connectivity index (χ1v) is 6.12. The predicted molar refractivity (Wildman–Crippen MR) is 75.8 cm³/mol. The number of nitrogens with one attached hydrogen (secondary N) is 1. The van der Waals surface area contributed by atoms with Gasteiger partial charge in [0.05, 0.1) is 0 Å². The van der Waals surface area contributed by atoms with Gasteiger partial charge in [-0.2, -0.15) is 4.98 Å². The molecule has 100 valence electrons. The van der Waals surface area contributed by atoms with Crippen LogP contribution in [0.2, 0.25) is 0 Å². The van der Waals surface area contributed by atoms with Gasteiger partial charge in [0.1, 0.15) is 5.82 Å². The van der Waals surface area contributed by atoms with Crippen molar-refractivity contribution in [3.8, 4) is 0 Å². The van der Waals surface area contributed by atoms with Crippen LogP contribution in [-0.4, -0.2) is 28.5 Å². The Morgan fingerprint density at radius 3 is 2.84 bits per heavy atom. The minimum absolute atomic E-state index is 0.430. The van der Waals surface area contributed by atoms with E-state index in [-0.39, 0.29) is 0 Å². The Balaban J connectivity index is 2.03. The van der Waals surface area contributed by atoms with Gasteiger partial charge in [0.2, 0.25) is 5.95 Å². The Kier molecular flexibility index (Phi) is 4.25. The fraction of sp³-hybridized carbons (Fsp3) is 0.308. The van der Waals surface area contributed by atoms with E-state index in [4.69, 9.17) is 5.84 Å². The summed E-state index contributed by atoms with van der Waals surface area (Å²) in [6.07, 6.45) is 2.67. The van der Waals surface area contributed by atoms with Crippen molar-refractivity contribution in [1.82, 2.24) is 15.0 Å². The van der Waals surface area contributed by atoms with E-state index >= 15 is 0 Å². The molecule has 0 aliphatic rings. The van der Waals surface area contributed by atoms with Gasteiger partial charge in [-0.3, -0.25) is 10.4 Å². The van der Waals surface area contributed by atoms with Crippen molar-refractivity contribution >= 4 is 11.8 Å². The molecule has 0 unspecified atom stereocenters. The number of hydrogen-bond donors (Lipinski definition) is 2. The van der Waals surface area contributed by atoms with Crippen LogP contribution in [0.15, 0.2) is 30.5 Å². The Labute approximate surface area is 112 Å². The van der Waals surface area contributed by atoms with Gasteiger partial charge < -0.3 is 4.90 Å². The molecule has 6 nitrogen and oxygen atoms in total. The van der Waals surface area contributed by atoms with Crippen LogP contribution in [-0.2, 0) is 6.42 Å². The van der Waals surface area contributed by atoms with E-state index in [0.717, 1.165) is 30.2 Å². The van der Waals surface area contributed by atoms with Gasteiger partial charge >= 0.3 is 0 Å². The number of aromatic nitrogens is 3. The fourth-order valence-electron chi connectivity index (χ4n) is 1.75. The molecule has 2 aromatic rings. The number of nitrogens with zero attached hydrogens (tertiary/aromatic N) is 4. The number of hydrogen-bond acceptors (Lipinski definition) is 6. The lowest BCUT2D eigenvalue weighted by molar-refractivity contribution is 0.834. The highest BCUT2D eigenvalue weighted by molar-refractivity contribution is 5.43. The molecule has 0 fully saturated rings. The number of anilines is 2. The lowest BCUT2D eigenvalue weighted by atomic mass is 10.2. The summed E-state index contributed by atoms with van der Waals surface area (Å²) in [6.45, 7) is 2.75. The van der Waals surface area contributed by atoms with Crippen molar-refractivity contribution in [2.24, 2.45) is 5.84 Å². The molecule has 0 spiro atoms. The molecular weight excluding hydrogens is 240 g/mol. The zero-order valence-corrected chi connectivity index (χ0v) is 11.2. The average molecular weight is 258 g/mol. The van der Waals surface area contributed by atoms with Crippen LogP contribution in [0.4, 0.5) is 11.8 Å². The molecule has 2 aromatic heterocycles. The third-order valence-corrected chi connectivity index (χ3v) is 2.79. The zero-order valence-electron chi connectivity index (χ0n) is 11.2. The summed E-state index contributed by atoms with van der Waals surface area (Å²) in [5.74, 6) is 6.62. The largest absolute Gasteiger partial charge is 0.359 e. The molecule has 2 rings (SSSR count). The molecule has 0 bridgehead atoms. The first kappa shape index (κ1) is 13.2. The third kappa shape index (κ3) is 3.62. The SMILES string of the molecule is Cc1cc(N(C)CCc2ccccn2)nc(NN)n1. The predicted octanol–water partition coefficient (Wildman–Crippen LogP) is 1.14. The monoisotopic (exact) mass is 258 g/mol. The quantitative estimate of drug-likeness (QED) is 0.618. The first-order valence-electron chi connectivity index (χ1n) is 6.12. The summed E-state index contributed by atoms with van der Waals surface area (Å²) in [5.41, 5.74) is 4.42. The lowest BCUT2D eigenvalue weighted by Gasteiger charge is -2.18. The van der Waals surface area contributed by atoms with Crippen LogP contribution in [0, 0.1) is 6.92 Å². The standard InChI is InChI=1S/C13H18N6/c1-10-9-12(17-13(16-10)18-14)19(2)8-6-11-5-3-4-7-15-11/h3-5,7,9H,6,8,14H2,1-2H3,(H,16,17,18). The minimum Gasteiger partial charge on any atom is -0.359 e. The summed E-state index contributed by atoms with van der Waals surface area (Å²) >= 11 is 0. The highest BCUT2D eigenvalue weighted by Crippen LogP contribution is 2.13. The van der Waals surface area contributed by atoms with E-state index in [1.165, 1.54) is 0 Å². The molecular formula is C13H18N6. The van der Waals surface area contributed by atoms with Crippen molar-refractivity contribution < 1.29 is 0 Å². The van der Waals surface area contributed by atoms with Gasteiger partial charge in [0, 0.05) is 43.7 Å². The average Bonchev–Trinajstić information content (AvgIpc) is 2.45. The van der Waals surface area contributed by atoms with E-state index < -0.39 is 0 Å². The van der Waals surface area contributed by atoms with Gasteiger partial charge in [-0.1, -0.05) is 6.07 Å². The zero-order chi connectivity index (χ0) is 13.7. The maximum absolute atomic E-state index is 5.35. The molecule has 0 amide bonds. The second-order valence-electron chi connectivity index (χ2n) is 4.33. The second kappa shape index (κ2) is 6.10. The van der Waals surface area contributed by atoms with Crippen molar-refractivity contribution in [3.05, 3.63) is 41.9 Å². The van der Waals surface area contributed by atoms with Gasteiger partial charge in [-0.25, -0.2) is 10.8 Å². The van der Waals surface area contributed by atoms with Gasteiger partial charge in [0.15, 0.2) is 0 Å². The molecule has 3 N–H and O–H groups in total. The maximum atomic E-state index is 5.35. The maximum Gasteiger partial charge on any atom is 0.239 e. The van der Waals surface area contributed by atoms with Crippen LogP contribution >= 0.6 is 0 Å². The van der Waals surface area contributed by atoms with Gasteiger partial charge in [0.25, 0.3) is 0 Å². The lowest BCUT2D eigenvalue weighted by Crippen LogP contribution is -2.23. The van der Waals surface area contributed by atoms with Crippen molar-refractivity contribution in [3.63, 3.8) is 0 Å². The highest BCUT2D eigenvalue weighted by Gasteiger charge is 2.06. The van der Waals surface area contributed by atoms with Crippen LogP contribution in [0.3, 0.4) is 0 Å². The number of nitrogen functional groups attached to an aromatic ring is 1. The second-order valence-corrected chi connectivity index (χ2v) is 4.33. The Bertz CT molecular complexity index is 528. The van der Waals surface area contributed by atoms with Crippen LogP contribution in [0.25, 0.3) is 0 Å². The Hall–Kier alpha value is -2.21. The van der Waals surface area contributed by atoms with E-state index in [0.29, 0.717) is 5.95 Å². The number of nitrogens with two attached hydrogens (primary N) is 1. The number of likely N-dealkylation sites (N-methyl/N-ethyl adjacent to an activating group) is 1. The number of pyridine rings is 1. The number of rotatable bonds is 5. The fourth-order valence-corrected chi connectivity index (χ4v) is 1.75. The van der Waals surface area contributed by atoms with E-state index in [1.54, 1.807) is 6.20 Å². The molecule has 0 aliphatic heterocycles. The summed E-state index contributed by atoms with van der Waals surface area (Å²) in [7, 11) is 1.99. The molecule has 0 atom stereocenters. The van der Waals surface area contributed by atoms with Gasteiger partial charge in [-0.05, 0) is 19.1 Å². The molecule has 0 radical (unpaired) electrons. The number of hydrazine groups is 1. The first-order chi connectivity index (χ1) is 9.19. The van der Waals surface area contributed by atoms with Crippen LogP contribution in [0.1, 0.15) is 11.4 Å². The van der Waals surface area contributed by atoms with Crippen LogP contribution < -0.4 is 16.2 Å². The van der Waals surface area contributed by atoms with Crippen LogP contribution in [0.5, 0.6) is 0 Å². The van der Waals surface area contributed by atoms with Gasteiger partial charge in [-0.15, -0.1) is 0 Å². The van der Waals surface area contributed by atoms with E-state index in [2.05, 4.69) is 25.3 Å². The van der Waals surface area contributed by atoms with Crippen molar-refractivity contribution in [2.75, 3.05) is 23.9 Å². The highest BCUT2D eigenvalue weighted by atomic mass is 15.3. The molecule has 6 heteroatoms. The Morgan fingerprint density at radius 2 is 2.16 bits per heavy atom. The normalized spacial score (nSPS) is 10.3. The number of aryl methyl sites for hydroxylation is 1.